The average molecular weight is 301 g/mol. The van der Waals surface area contributed by atoms with Gasteiger partial charge >= 0.3 is 0 Å². The van der Waals surface area contributed by atoms with E-state index in [4.69, 9.17) is 0 Å². The molecule has 22 heavy (non-hydrogen) atoms. The number of rotatable bonds is 3. The minimum atomic E-state index is 0.614. The number of aryl methyl sites for hydroxylation is 1. The minimum Gasteiger partial charge on any atom is -0.366 e. The van der Waals surface area contributed by atoms with Crippen molar-refractivity contribution in [3.05, 3.63) is 29.8 Å². The monoisotopic (exact) mass is 301 g/mol. The summed E-state index contributed by atoms with van der Waals surface area (Å²) in [6.07, 6.45) is 2.76. The molecule has 3 heteroatoms. The van der Waals surface area contributed by atoms with Crippen LogP contribution in [0.15, 0.2) is 24.3 Å². The van der Waals surface area contributed by atoms with Crippen LogP contribution in [0.5, 0.6) is 0 Å². The molecule has 1 aromatic rings. The van der Waals surface area contributed by atoms with Crippen LogP contribution < -0.4 is 4.90 Å². The van der Waals surface area contributed by atoms with Crippen molar-refractivity contribution in [2.45, 2.75) is 32.7 Å². The maximum Gasteiger partial charge on any atom is 0.0389 e. The van der Waals surface area contributed by atoms with Crippen LogP contribution in [0.25, 0.3) is 0 Å². The number of benzene rings is 1. The number of anilines is 1. The molecular formula is C19H31N3. The van der Waals surface area contributed by atoms with E-state index >= 15 is 0 Å². The van der Waals surface area contributed by atoms with Crippen molar-refractivity contribution >= 4 is 5.69 Å². The topological polar surface area (TPSA) is 9.72 Å². The van der Waals surface area contributed by atoms with Gasteiger partial charge < -0.3 is 9.80 Å². The highest BCUT2D eigenvalue weighted by Crippen LogP contribution is 2.23. The van der Waals surface area contributed by atoms with Crippen molar-refractivity contribution in [1.29, 1.82) is 0 Å². The SMILES string of the molecule is Cc1ccc(N2CCN(CC3CCN(C)CC3)CC2C)cc1. The van der Waals surface area contributed by atoms with Gasteiger partial charge in [0.15, 0.2) is 0 Å². The normalized spacial score (nSPS) is 25.6. The molecule has 2 aliphatic heterocycles. The second-order valence-electron chi connectivity index (χ2n) is 7.38. The van der Waals surface area contributed by atoms with Crippen LogP contribution in [0, 0.1) is 12.8 Å². The fourth-order valence-electron chi connectivity index (χ4n) is 3.93. The second-order valence-corrected chi connectivity index (χ2v) is 7.38. The lowest BCUT2D eigenvalue weighted by Crippen LogP contribution is -2.53. The van der Waals surface area contributed by atoms with E-state index in [2.05, 4.69) is 59.9 Å². The van der Waals surface area contributed by atoms with Crippen molar-refractivity contribution in [2.75, 3.05) is 51.2 Å². The number of likely N-dealkylation sites (tertiary alicyclic amines) is 1. The molecule has 1 atom stereocenters. The van der Waals surface area contributed by atoms with Crippen molar-refractivity contribution < 1.29 is 0 Å². The van der Waals surface area contributed by atoms with Crippen molar-refractivity contribution in [2.24, 2.45) is 5.92 Å². The van der Waals surface area contributed by atoms with E-state index in [1.54, 1.807) is 0 Å². The highest BCUT2D eigenvalue weighted by Gasteiger charge is 2.26. The number of piperazine rings is 1. The molecule has 0 aliphatic carbocycles. The molecule has 0 amide bonds. The first-order valence-electron chi connectivity index (χ1n) is 8.86. The molecule has 2 heterocycles. The third-order valence-corrected chi connectivity index (χ3v) is 5.43. The maximum absolute atomic E-state index is 2.70. The zero-order valence-corrected chi connectivity index (χ0v) is 14.5. The molecule has 1 unspecified atom stereocenters. The van der Waals surface area contributed by atoms with Gasteiger partial charge in [0.05, 0.1) is 0 Å². The van der Waals surface area contributed by atoms with E-state index < -0.39 is 0 Å². The van der Waals surface area contributed by atoms with Gasteiger partial charge in [0.25, 0.3) is 0 Å². The Labute approximate surface area is 135 Å². The third-order valence-electron chi connectivity index (χ3n) is 5.43. The summed E-state index contributed by atoms with van der Waals surface area (Å²) in [6, 6.07) is 9.62. The molecule has 122 valence electrons. The Morgan fingerprint density at radius 1 is 1.00 bits per heavy atom. The van der Waals surface area contributed by atoms with Crippen LogP contribution in [0.4, 0.5) is 5.69 Å². The van der Waals surface area contributed by atoms with Gasteiger partial charge in [0.1, 0.15) is 0 Å². The van der Waals surface area contributed by atoms with Crippen molar-refractivity contribution in [3.8, 4) is 0 Å². The smallest absolute Gasteiger partial charge is 0.0389 e. The van der Waals surface area contributed by atoms with Crippen LogP contribution >= 0.6 is 0 Å². The van der Waals surface area contributed by atoms with Gasteiger partial charge in [-0.2, -0.15) is 0 Å². The number of piperidine rings is 1. The van der Waals surface area contributed by atoms with Gasteiger partial charge in [0.2, 0.25) is 0 Å². The molecule has 0 aromatic heterocycles. The fraction of sp³-hybridized carbons (Fsp3) is 0.684. The Bertz CT molecular complexity index is 462. The molecule has 2 fully saturated rings. The van der Waals surface area contributed by atoms with E-state index in [1.165, 1.54) is 56.8 Å². The first-order valence-corrected chi connectivity index (χ1v) is 8.86. The Hall–Kier alpha value is -1.06. The molecule has 0 N–H and O–H groups in total. The molecule has 0 spiro atoms. The van der Waals surface area contributed by atoms with Crippen molar-refractivity contribution in [3.63, 3.8) is 0 Å². The van der Waals surface area contributed by atoms with E-state index in [9.17, 15) is 0 Å². The van der Waals surface area contributed by atoms with Crippen LogP contribution in [-0.4, -0.2) is 62.2 Å². The Kier molecular flexibility index (Phi) is 5.04. The molecule has 2 saturated heterocycles. The molecule has 2 aliphatic rings. The highest BCUT2D eigenvalue weighted by molar-refractivity contribution is 5.48. The lowest BCUT2D eigenvalue weighted by atomic mass is 9.96. The summed E-state index contributed by atoms with van der Waals surface area (Å²) >= 11 is 0. The van der Waals surface area contributed by atoms with Gasteiger partial charge in [-0.25, -0.2) is 0 Å². The summed E-state index contributed by atoms with van der Waals surface area (Å²) in [5.74, 6) is 0.911. The number of hydrogen-bond acceptors (Lipinski definition) is 3. The van der Waals surface area contributed by atoms with E-state index in [0.29, 0.717) is 6.04 Å². The molecule has 0 saturated carbocycles. The average Bonchev–Trinajstić information content (AvgIpc) is 2.51. The van der Waals surface area contributed by atoms with Gasteiger partial charge in [-0.3, -0.25) is 4.90 Å². The lowest BCUT2D eigenvalue weighted by molar-refractivity contribution is 0.146. The Morgan fingerprint density at radius 3 is 2.32 bits per heavy atom. The van der Waals surface area contributed by atoms with E-state index in [1.807, 2.05) is 0 Å². The summed E-state index contributed by atoms with van der Waals surface area (Å²) in [6.45, 7) is 12.0. The summed E-state index contributed by atoms with van der Waals surface area (Å²) in [4.78, 5) is 7.74. The lowest BCUT2D eigenvalue weighted by Gasteiger charge is -2.43. The quantitative estimate of drug-likeness (QED) is 0.850. The third kappa shape index (κ3) is 3.82. The van der Waals surface area contributed by atoms with Crippen LogP contribution in [0.3, 0.4) is 0 Å². The molecular weight excluding hydrogens is 270 g/mol. The van der Waals surface area contributed by atoms with Gasteiger partial charge in [-0.15, -0.1) is 0 Å². The van der Waals surface area contributed by atoms with Crippen molar-refractivity contribution in [1.82, 2.24) is 9.80 Å². The summed E-state index contributed by atoms with van der Waals surface area (Å²) in [7, 11) is 2.25. The van der Waals surface area contributed by atoms with Gasteiger partial charge in [-0.05, 0) is 64.9 Å². The van der Waals surface area contributed by atoms with Gasteiger partial charge in [0, 0.05) is 37.9 Å². The molecule has 0 bridgehead atoms. The predicted molar refractivity (Wildman–Crippen MR) is 94.6 cm³/mol. The summed E-state index contributed by atoms with van der Waals surface area (Å²) in [5, 5.41) is 0. The minimum absolute atomic E-state index is 0.614. The van der Waals surface area contributed by atoms with Crippen LogP contribution in [0.1, 0.15) is 25.3 Å². The first-order chi connectivity index (χ1) is 10.6. The second kappa shape index (κ2) is 7.01. The maximum atomic E-state index is 2.70. The van der Waals surface area contributed by atoms with E-state index in [0.717, 1.165) is 12.5 Å². The number of nitrogens with zero attached hydrogens (tertiary/aromatic N) is 3. The zero-order chi connectivity index (χ0) is 15.5. The first kappa shape index (κ1) is 15.8. The van der Waals surface area contributed by atoms with Crippen LogP contribution in [0.2, 0.25) is 0 Å². The van der Waals surface area contributed by atoms with Gasteiger partial charge in [-0.1, -0.05) is 17.7 Å². The summed E-state index contributed by atoms with van der Waals surface area (Å²) < 4.78 is 0. The number of hydrogen-bond donors (Lipinski definition) is 0. The standard InChI is InChI=1S/C19H31N3/c1-16-4-6-19(7-5-16)22-13-12-21(14-17(22)2)15-18-8-10-20(3)11-9-18/h4-7,17-18H,8-15H2,1-3H3. The molecule has 3 rings (SSSR count). The Balaban J connectivity index is 1.52. The molecule has 3 nitrogen and oxygen atoms in total. The highest BCUT2D eigenvalue weighted by atomic mass is 15.3. The largest absolute Gasteiger partial charge is 0.366 e. The fourth-order valence-corrected chi connectivity index (χ4v) is 3.93. The summed E-state index contributed by atoms with van der Waals surface area (Å²) in [5.41, 5.74) is 2.73. The zero-order valence-electron chi connectivity index (χ0n) is 14.5. The van der Waals surface area contributed by atoms with E-state index in [-0.39, 0.29) is 0 Å². The molecule has 0 radical (unpaired) electrons. The van der Waals surface area contributed by atoms with Crippen LogP contribution in [-0.2, 0) is 0 Å². The molecule has 1 aromatic carbocycles. The predicted octanol–water partition coefficient (Wildman–Crippen LogP) is 2.85. The Morgan fingerprint density at radius 2 is 1.68 bits per heavy atom.